The number of anilines is 1. The monoisotopic (exact) mass is 260 g/mol. The van der Waals surface area contributed by atoms with Crippen LogP contribution in [-0.2, 0) is 6.18 Å². The van der Waals surface area contributed by atoms with Crippen molar-refractivity contribution in [3.63, 3.8) is 0 Å². The number of halogens is 3. The van der Waals surface area contributed by atoms with Crippen molar-refractivity contribution in [1.29, 1.82) is 0 Å². The third-order valence-electron chi connectivity index (χ3n) is 3.05. The molecular formula is C12H15F3N2O. The first-order chi connectivity index (χ1) is 8.47. The molecule has 100 valence electrons. The minimum absolute atomic E-state index is 0.332. The van der Waals surface area contributed by atoms with Crippen LogP contribution in [-0.4, -0.2) is 29.3 Å². The lowest BCUT2D eigenvalue weighted by atomic mass is 10.2. The molecule has 0 aliphatic carbocycles. The van der Waals surface area contributed by atoms with Crippen LogP contribution < -0.4 is 4.90 Å². The quantitative estimate of drug-likeness (QED) is 0.842. The Labute approximate surface area is 103 Å². The molecule has 3 nitrogen and oxygen atoms in total. The Bertz CT molecular complexity index is 409. The molecule has 1 saturated heterocycles. The molecule has 0 amide bonds. The Balaban J connectivity index is 2.17. The van der Waals surface area contributed by atoms with Crippen LogP contribution in [0.3, 0.4) is 0 Å². The van der Waals surface area contributed by atoms with E-state index in [-0.39, 0.29) is 6.10 Å². The Morgan fingerprint density at radius 3 is 2.72 bits per heavy atom. The molecule has 6 heteroatoms. The number of alkyl halides is 3. The minimum atomic E-state index is -4.42. The fourth-order valence-corrected chi connectivity index (χ4v) is 2.07. The first-order valence-corrected chi connectivity index (χ1v) is 5.94. The van der Waals surface area contributed by atoms with Gasteiger partial charge >= 0.3 is 6.18 Å². The van der Waals surface area contributed by atoms with E-state index < -0.39 is 11.9 Å². The van der Waals surface area contributed by atoms with Gasteiger partial charge in [0, 0.05) is 13.1 Å². The number of aliphatic hydroxyl groups is 1. The summed E-state index contributed by atoms with van der Waals surface area (Å²) in [4.78, 5) is 5.45. The minimum Gasteiger partial charge on any atom is -0.393 e. The smallest absolute Gasteiger partial charge is 0.393 e. The summed E-state index contributed by atoms with van der Waals surface area (Å²) in [5, 5.41) is 9.51. The predicted octanol–water partition coefficient (Wildman–Crippen LogP) is 2.45. The zero-order valence-corrected chi connectivity index (χ0v) is 9.82. The molecule has 1 fully saturated rings. The van der Waals surface area contributed by atoms with Gasteiger partial charge in [0.1, 0.15) is 11.5 Å². The largest absolute Gasteiger partial charge is 0.433 e. The summed E-state index contributed by atoms with van der Waals surface area (Å²) in [6.07, 6.45) is -2.76. The predicted molar refractivity (Wildman–Crippen MR) is 61.3 cm³/mol. The highest BCUT2D eigenvalue weighted by molar-refractivity contribution is 5.39. The summed E-state index contributed by atoms with van der Waals surface area (Å²) >= 11 is 0. The third kappa shape index (κ3) is 3.13. The number of hydrogen-bond donors (Lipinski definition) is 1. The molecule has 0 saturated carbocycles. The van der Waals surface area contributed by atoms with Crippen molar-refractivity contribution >= 4 is 5.82 Å². The van der Waals surface area contributed by atoms with Gasteiger partial charge in [-0.2, -0.15) is 13.2 Å². The zero-order chi connectivity index (χ0) is 13.2. The number of pyridine rings is 1. The Hall–Kier alpha value is -1.30. The lowest BCUT2D eigenvalue weighted by Crippen LogP contribution is -2.26. The number of rotatable bonds is 1. The highest BCUT2D eigenvalue weighted by Crippen LogP contribution is 2.29. The molecule has 1 N–H and O–H groups in total. The molecule has 2 rings (SSSR count). The van der Waals surface area contributed by atoms with Crippen molar-refractivity contribution < 1.29 is 18.3 Å². The lowest BCUT2D eigenvalue weighted by Gasteiger charge is -2.22. The summed E-state index contributed by atoms with van der Waals surface area (Å²) in [5.74, 6) is 0.332. The molecule has 1 aromatic rings. The number of hydrogen-bond acceptors (Lipinski definition) is 3. The highest BCUT2D eigenvalue weighted by atomic mass is 19.4. The van der Waals surface area contributed by atoms with E-state index in [0.717, 1.165) is 12.5 Å². The van der Waals surface area contributed by atoms with Crippen LogP contribution in [0.1, 0.15) is 25.0 Å². The summed E-state index contributed by atoms with van der Waals surface area (Å²) < 4.78 is 37.7. The average Bonchev–Trinajstić information content (AvgIpc) is 2.53. The lowest BCUT2D eigenvalue weighted by molar-refractivity contribution is -0.141. The van der Waals surface area contributed by atoms with Gasteiger partial charge in [-0.25, -0.2) is 4.98 Å². The molecule has 1 aliphatic heterocycles. The van der Waals surface area contributed by atoms with E-state index in [1.165, 1.54) is 6.07 Å². The molecule has 0 aromatic carbocycles. The Kier molecular flexibility index (Phi) is 3.75. The molecule has 0 radical (unpaired) electrons. The summed E-state index contributed by atoms with van der Waals surface area (Å²) in [6.45, 7) is 1.17. The van der Waals surface area contributed by atoms with Gasteiger partial charge in [0.15, 0.2) is 0 Å². The molecule has 1 unspecified atom stereocenters. The molecule has 1 atom stereocenters. The highest BCUT2D eigenvalue weighted by Gasteiger charge is 2.32. The van der Waals surface area contributed by atoms with Gasteiger partial charge in [0.25, 0.3) is 0 Å². The van der Waals surface area contributed by atoms with Crippen molar-refractivity contribution in [2.24, 2.45) is 0 Å². The molecule has 1 aliphatic rings. The summed E-state index contributed by atoms with van der Waals surface area (Å²) in [6, 6.07) is 3.91. The topological polar surface area (TPSA) is 36.4 Å². The zero-order valence-electron chi connectivity index (χ0n) is 9.82. The second-order valence-electron chi connectivity index (χ2n) is 4.45. The number of nitrogens with zero attached hydrogens (tertiary/aromatic N) is 2. The van der Waals surface area contributed by atoms with E-state index in [1.54, 1.807) is 11.0 Å². The van der Waals surface area contributed by atoms with E-state index >= 15 is 0 Å². The maximum atomic E-state index is 12.6. The van der Waals surface area contributed by atoms with E-state index in [2.05, 4.69) is 4.98 Å². The van der Waals surface area contributed by atoms with Crippen molar-refractivity contribution in [1.82, 2.24) is 4.98 Å². The van der Waals surface area contributed by atoms with Crippen LogP contribution in [0, 0.1) is 0 Å². The average molecular weight is 260 g/mol. The van der Waals surface area contributed by atoms with Gasteiger partial charge in [-0.1, -0.05) is 6.07 Å². The fraction of sp³-hybridized carbons (Fsp3) is 0.583. The van der Waals surface area contributed by atoms with Gasteiger partial charge in [0.2, 0.25) is 0 Å². The second kappa shape index (κ2) is 5.14. The second-order valence-corrected chi connectivity index (χ2v) is 4.45. The number of aliphatic hydroxyl groups excluding tert-OH is 1. The maximum Gasteiger partial charge on any atom is 0.433 e. The van der Waals surface area contributed by atoms with Crippen molar-refractivity contribution in [3.05, 3.63) is 23.9 Å². The molecular weight excluding hydrogens is 245 g/mol. The van der Waals surface area contributed by atoms with Gasteiger partial charge in [0.05, 0.1) is 6.10 Å². The van der Waals surface area contributed by atoms with Crippen molar-refractivity contribution in [2.45, 2.75) is 31.5 Å². The standard InChI is InChI=1S/C12H15F3N2O/c13-12(14,15)10-4-1-5-11(16-10)17-7-2-3-9(18)6-8-17/h1,4-5,9,18H,2-3,6-8H2. The summed E-state index contributed by atoms with van der Waals surface area (Å²) in [5.41, 5.74) is -0.871. The van der Waals surface area contributed by atoms with Crippen molar-refractivity contribution in [2.75, 3.05) is 18.0 Å². The molecule has 0 bridgehead atoms. The van der Waals surface area contributed by atoms with Crippen LogP contribution in [0.2, 0.25) is 0 Å². The SMILES string of the molecule is OC1CCCN(c2cccc(C(F)(F)F)n2)CC1. The first kappa shape index (κ1) is 13.1. The van der Waals surface area contributed by atoms with Gasteiger partial charge < -0.3 is 10.0 Å². The van der Waals surface area contributed by atoms with Gasteiger partial charge in [-0.15, -0.1) is 0 Å². The van der Waals surface area contributed by atoms with Crippen LogP contribution in [0.15, 0.2) is 18.2 Å². The van der Waals surface area contributed by atoms with Crippen LogP contribution in [0.5, 0.6) is 0 Å². The van der Waals surface area contributed by atoms with E-state index in [1.807, 2.05) is 0 Å². The summed E-state index contributed by atoms with van der Waals surface area (Å²) in [7, 11) is 0. The first-order valence-electron chi connectivity index (χ1n) is 5.94. The van der Waals surface area contributed by atoms with Gasteiger partial charge in [-0.3, -0.25) is 0 Å². The Morgan fingerprint density at radius 2 is 2.00 bits per heavy atom. The van der Waals surface area contributed by atoms with Crippen LogP contribution in [0.4, 0.5) is 19.0 Å². The molecule has 1 aromatic heterocycles. The molecule has 18 heavy (non-hydrogen) atoms. The van der Waals surface area contributed by atoms with Crippen LogP contribution >= 0.6 is 0 Å². The molecule has 2 heterocycles. The number of aromatic nitrogens is 1. The van der Waals surface area contributed by atoms with Crippen LogP contribution in [0.25, 0.3) is 0 Å². The maximum absolute atomic E-state index is 12.6. The van der Waals surface area contributed by atoms with E-state index in [9.17, 15) is 18.3 Å². The normalized spacial score (nSPS) is 21.8. The third-order valence-corrected chi connectivity index (χ3v) is 3.05. The van der Waals surface area contributed by atoms with E-state index in [0.29, 0.717) is 31.7 Å². The van der Waals surface area contributed by atoms with Crippen molar-refractivity contribution in [3.8, 4) is 0 Å². The Morgan fingerprint density at radius 1 is 1.22 bits per heavy atom. The molecule has 0 spiro atoms. The van der Waals surface area contributed by atoms with Gasteiger partial charge in [-0.05, 0) is 31.4 Å². The fourth-order valence-electron chi connectivity index (χ4n) is 2.07. The van der Waals surface area contributed by atoms with E-state index in [4.69, 9.17) is 0 Å².